The summed E-state index contributed by atoms with van der Waals surface area (Å²) in [5.74, 6) is 1.24. The van der Waals surface area contributed by atoms with Gasteiger partial charge in [0.05, 0.1) is 5.02 Å². The van der Waals surface area contributed by atoms with Crippen LogP contribution in [0.5, 0.6) is 5.75 Å². The minimum Gasteiger partial charge on any atom is -0.484 e. The highest BCUT2D eigenvalue weighted by atomic mass is 35.5. The van der Waals surface area contributed by atoms with Gasteiger partial charge >= 0.3 is 0 Å². The average molecular weight is 432 g/mol. The molecule has 1 amide bonds. The maximum atomic E-state index is 13.3. The molecule has 31 heavy (non-hydrogen) atoms. The van der Waals surface area contributed by atoms with Gasteiger partial charge in [0.25, 0.3) is 5.91 Å². The standard InChI is InChI=1S/C26H22ClNO3/c27-23-13-7-8-14-24(23)30-19-22-15-16-25(31-22)26(29)28(17-20-9-3-1-4-10-20)18-21-11-5-2-6-12-21/h1-16H,17-19H2. The molecule has 4 nitrogen and oxygen atoms in total. The molecule has 4 aromatic rings. The zero-order valence-electron chi connectivity index (χ0n) is 16.9. The number of hydrogen-bond acceptors (Lipinski definition) is 3. The molecule has 1 aromatic heterocycles. The number of rotatable bonds is 8. The van der Waals surface area contributed by atoms with Crippen molar-refractivity contribution in [2.24, 2.45) is 0 Å². The first kappa shape index (κ1) is 20.8. The molecule has 0 radical (unpaired) electrons. The van der Waals surface area contributed by atoms with Gasteiger partial charge in [-0.3, -0.25) is 4.79 Å². The lowest BCUT2D eigenvalue weighted by atomic mass is 10.1. The summed E-state index contributed by atoms with van der Waals surface area (Å²) in [7, 11) is 0. The minimum absolute atomic E-state index is 0.170. The second-order valence-electron chi connectivity index (χ2n) is 7.12. The van der Waals surface area contributed by atoms with Crippen LogP contribution < -0.4 is 4.74 Å². The highest BCUT2D eigenvalue weighted by molar-refractivity contribution is 6.32. The fourth-order valence-electron chi connectivity index (χ4n) is 3.24. The Morgan fingerprint density at radius 1 is 0.774 bits per heavy atom. The second kappa shape index (κ2) is 10.0. The van der Waals surface area contributed by atoms with Gasteiger partial charge in [0.1, 0.15) is 18.1 Å². The summed E-state index contributed by atoms with van der Waals surface area (Å²) >= 11 is 6.13. The highest BCUT2D eigenvalue weighted by Crippen LogP contribution is 2.24. The molecule has 156 valence electrons. The van der Waals surface area contributed by atoms with Crippen LogP contribution in [0.2, 0.25) is 5.02 Å². The van der Waals surface area contributed by atoms with Crippen molar-refractivity contribution in [3.05, 3.63) is 125 Å². The van der Waals surface area contributed by atoms with Crippen LogP contribution >= 0.6 is 11.6 Å². The van der Waals surface area contributed by atoms with E-state index in [1.807, 2.05) is 72.8 Å². The first-order chi connectivity index (χ1) is 15.2. The van der Waals surface area contributed by atoms with Crippen LogP contribution in [0.4, 0.5) is 0 Å². The number of hydrogen-bond donors (Lipinski definition) is 0. The molecule has 1 heterocycles. The topological polar surface area (TPSA) is 42.7 Å². The summed E-state index contributed by atoms with van der Waals surface area (Å²) in [6.45, 7) is 1.16. The zero-order chi connectivity index (χ0) is 21.5. The molecule has 0 unspecified atom stereocenters. The van der Waals surface area contributed by atoms with Crippen molar-refractivity contribution in [2.45, 2.75) is 19.7 Å². The maximum Gasteiger partial charge on any atom is 0.290 e. The van der Waals surface area contributed by atoms with Crippen molar-refractivity contribution in [1.82, 2.24) is 4.90 Å². The van der Waals surface area contributed by atoms with Crippen LogP contribution in [-0.4, -0.2) is 10.8 Å². The number of furan rings is 1. The van der Waals surface area contributed by atoms with Crippen molar-refractivity contribution in [3.8, 4) is 5.75 Å². The molecule has 4 rings (SSSR count). The molecule has 0 saturated carbocycles. The van der Waals surface area contributed by atoms with Gasteiger partial charge in [0.15, 0.2) is 5.76 Å². The highest BCUT2D eigenvalue weighted by Gasteiger charge is 2.20. The Balaban J connectivity index is 1.49. The van der Waals surface area contributed by atoms with E-state index in [-0.39, 0.29) is 18.3 Å². The number of ether oxygens (including phenoxy) is 1. The predicted molar refractivity (Wildman–Crippen MR) is 121 cm³/mol. The van der Waals surface area contributed by atoms with E-state index in [9.17, 15) is 4.79 Å². The van der Waals surface area contributed by atoms with E-state index in [2.05, 4.69) is 0 Å². The largest absolute Gasteiger partial charge is 0.484 e. The summed E-state index contributed by atoms with van der Waals surface area (Å²) in [4.78, 5) is 15.0. The van der Waals surface area contributed by atoms with Gasteiger partial charge in [-0.25, -0.2) is 0 Å². The summed E-state index contributed by atoms with van der Waals surface area (Å²) in [5.41, 5.74) is 2.11. The van der Waals surface area contributed by atoms with Crippen molar-refractivity contribution in [3.63, 3.8) is 0 Å². The smallest absolute Gasteiger partial charge is 0.290 e. The molecule has 0 spiro atoms. The third-order valence-corrected chi connectivity index (χ3v) is 5.11. The van der Waals surface area contributed by atoms with Crippen LogP contribution in [0.25, 0.3) is 0 Å². The van der Waals surface area contributed by atoms with E-state index in [0.29, 0.717) is 29.6 Å². The van der Waals surface area contributed by atoms with Crippen LogP contribution in [0.1, 0.15) is 27.4 Å². The molecule has 0 atom stereocenters. The van der Waals surface area contributed by atoms with E-state index in [0.717, 1.165) is 11.1 Å². The van der Waals surface area contributed by atoms with E-state index < -0.39 is 0 Å². The number of amides is 1. The Labute approximate surface area is 186 Å². The van der Waals surface area contributed by atoms with Gasteiger partial charge in [-0.05, 0) is 35.4 Å². The van der Waals surface area contributed by atoms with Gasteiger partial charge in [-0.1, -0.05) is 84.4 Å². The van der Waals surface area contributed by atoms with Gasteiger partial charge in [0.2, 0.25) is 0 Å². The Morgan fingerprint density at radius 3 is 1.97 bits per heavy atom. The molecule has 3 aromatic carbocycles. The van der Waals surface area contributed by atoms with Crippen LogP contribution in [0.15, 0.2) is 101 Å². The number of carbonyl (C=O) groups excluding carboxylic acids is 1. The number of carbonyl (C=O) groups is 1. The molecule has 0 aliphatic heterocycles. The molecule has 0 aliphatic carbocycles. The molecular formula is C26H22ClNO3. The predicted octanol–water partition coefficient (Wildman–Crippen LogP) is 6.35. The van der Waals surface area contributed by atoms with Crippen molar-refractivity contribution in [2.75, 3.05) is 0 Å². The quantitative estimate of drug-likeness (QED) is 0.326. The zero-order valence-corrected chi connectivity index (χ0v) is 17.7. The monoisotopic (exact) mass is 431 g/mol. The molecule has 0 bridgehead atoms. The molecule has 5 heteroatoms. The van der Waals surface area contributed by atoms with Crippen LogP contribution in [0.3, 0.4) is 0 Å². The second-order valence-corrected chi connectivity index (χ2v) is 7.52. The normalized spacial score (nSPS) is 10.6. The van der Waals surface area contributed by atoms with E-state index >= 15 is 0 Å². The fraction of sp³-hybridized carbons (Fsp3) is 0.115. The molecule has 0 fully saturated rings. The molecular weight excluding hydrogens is 410 g/mol. The third-order valence-electron chi connectivity index (χ3n) is 4.80. The molecule has 0 N–H and O–H groups in total. The summed E-state index contributed by atoms with van der Waals surface area (Å²) in [5, 5.41) is 0.530. The SMILES string of the molecule is O=C(c1ccc(COc2ccccc2Cl)o1)N(Cc1ccccc1)Cc1ccccc1. The Morgan fingerprint density at radius 2 is 1.35 bits per heavy atom. The van der Waals surface area contributed by atoms with Gasteiger partial charge in [-0.2, -0.15) is 0 Å². The third kappa shape index (κ3) is 5.56. The average Bonchev–Trinajstić information content (AvgIpc) is 3.28. The number of para-hydroxylation sites is 1. The van der Waals surface area contributed by atoms with Crippen LogP contribution in [0, 0.1) is 0 Å². The summed E-state index contributed by atoms with van der Waals surface area (Å²) in [6.07, 6.45) is 0. The number of benzene rings is 3. The first-order valence-corrected chi connectivity index (χ1v) is 10.4. The van der Waals surface area contributed by atoms with Crippen LogP contribution in [-0.2, 0) is 19.7 Å². The Kier molecular flexibility index (Phi) is 6.70. The van der Waals surface area contributed by atoms with Gasteiger partial charge in [0, 0.05) is 13.1 Å². The molecule has 0 aliphatic rings. The first-order valence-electron chi connectivity index (χ1n) is 10.0. The minimum atomic E-state index is -0.170. The summed E-state index contributed by atoms with van der Waals surface area (Å²) < 4.78 is 11.5. The number of nitrogens with zero attached hydrogens (tertiary/aromatic N) is 1. The van der Waals surface area contributed by atoms with E-state index in [1.165, 1.54) is 0 Å². The number of halogens is 1. The maximum absolute atomic E-state index is 13.3. The van der Waals surface area contributed by atoms with E-state index in [1.54, 1.807) is 29.2 Å². The van der Waals surface area contributed by atoms with Gasteiger partial charge in [-0.15, -0.1) is 0 Å². The lowest BCUT2D eigenvalue weighted by Crippen LogP contribution is -2.29. The van der Waals surface area contributed by atoms with E-state index in [4.69, 9.17) is 20.8 Å². The lowest BCUT2D eigenvalue weighted by molar-refractivity contribution is 0.0693. The van der Waals surface area contributed by atoms with Crippen molar-refractivity contribution >= 4 is 17.5 Å². The molecule has 0 saturated heterocycles. The van der Waals surface area contributed by atoms with Crippen molar-refractivity contribution in [1.29, 1.82) is 0 Å². The fourth-order valence-corrected chi connectivity index (χ4v) is 3.43. The van der Waals surface area contributed by atoms with Crippen molar-refractivity contribution < 1.29 is 13.9 Å². The summed E-state index contributed by atoms with van der Waals surface area (Å²) in [6, 6.07) is 30.5. The Hall–Kier alpha value is -3.50. The lowest BCUT2D eigenvalue weighted by Gasteiger charge is -2.22. The van der Waals surface area contributed by atoms with Gasteiger partial charge < -0.3 is 14.1 Å². The Bertz CT molecular complexity index is 1080.